The van der Waals surface area contributed by atoms with Gasteiger partial charge in [-0.1, -0.05) is 5.16 Å². The van der Waals surface area contributed by atoms with Crippen LogP contribution in [0.15, 0.2) is 5.16 Å². The highest BCUT2D eigenvalue weighted by Gasteiger charge is 2.43. The summed E-state index contributed by atoms with van der Waals surface area (Å²) in [6.07, 6.45) is -5.06. The predicted octanol–water partition coefficient (Wildman–Crippen LogP) is 2.44. The molecule has 0 N–H and O–H groups in total. The van der Waals surface area contributed by atoms with E-state index in [4.69, 9.17) is 21.7 Å². The van der Waals surface area contributed by atoms with E-state index in [2.05, 4.69) is 10.3 Å². The van der Waals surface area contributed by atoms with E-state index in [1.54, 1.807) is 6.07 Å². The van der Waals surface area contributed by atoms with E-state index < -0.39 is 49.4 Å². The summed E-state index contributed by atoms with van der Waals surface area (Å²) in [6.45, 7) is 3.01. The summed E-state index contributed by atoms with van der Waals surface area (Å²) in [5.74, 6) is -1.09. The zero-order chi connectivity index (χ0) is 19.0. The number of alkyl halides is 4. The van der Waals surface area contributed by atoms with Crippen molar-refractivity contribution in [2.75, 3.05) is 5.88 Å². The number of hydrogen-bond acceptors (Lipinski definition) is 6. The van der Waals surface area contributed by atoms with Crippen molar-refractivity contribution >= 4 is 26.5 Å². The van der Waals surface area contributed by atoms with Crippen molar-refractivity contribution in [1.29, 1.82) is 5.26 Å². The molecule has 0 radical (unpaired) electrons. The number of nitrogens with zero attached hydrogens (tertiary/aromatic N) is 4. The Bertz CT molecular complexity index is 857. The Morgan fingerprint density at radius 2 is 2.12 bits per heavy atom. The molecular weight excluding hydrogens is 385 g/mol. The fourth-order valence-electron chi connectivity index (χ4n) is 2.27. The number of nitriles is 1. The maximum atomic E-state index is 13.2. The Labute approximate surface area is 146 Å². The molecule has 12 heteroatoms. The maximum Gasteiger partial charge on any atom is 0.435 e. The van der Waals surface area contributed by atoms with Crippen LogP contribution >= 0.6 is 11.6 Å². The molecule has 1 aromatic rings. The van der Waals surface area contributed by atoms with Gasteiger partial charge in [0.15, 0.2) is 26.2 Å². The van der Waals surface area contributed by atoms with Crippen LogP contribution in [0, 0.1) is 11.3 Å². The lowest BCUT2D eigenvalue weighted by molar-refractivity contribution is -0.142. The van der Waals surface area contributed by atoms with Crippen LogP contribution in [-0.4, -0.2) is 34.7 Å². The molecule has 0 bridgehead atoms. The molecule has 138 valence electrons. The van der Waals surface area contributed by atoms with Crippen molar-refractivity contribution in [3.63, 3.8) is 0 Å². The Kier molecular flexibility index (Phi) is 5.07. The number of aromatic nitrogens is 2. The van der Waals surface area contributed by atoms with Crippen LogP contribution in [-0.2, 0) is 33.1 Å². The van der Waals surface area contributed by atoms with E-state index >= 15 is 0 Å². The normalized spacial score (nSPS) is 20.9. The van der Waals surface area contributed by atoms with Gasteiger partial charge in [0, 0.05) is 18.5 Å². The van der Waals surface area contributed by atoms with E-state index in [1.807, 2.05) is 0 Å². The lowest BCUT2D eigenvalue weighted by atomic mass is 10.1. The molecule has 0 amide bonds. The predicted molar refractivity (Wildman–Crippen MR) is 82.5 cm³/mol. The van der Waals surface area contributed by atoms with E-state index in [9.17, 15) is 21.6 Å². The Morgan fingerprint density at radius 1 is 1.48 bits per heavy atom. The van der Waals surface area contributed by atoms with Crippen LogP contribution in [0.25, 0.3) is 0 Å². The molecule has 0 saturated heterocycles. The summed E-state index contributed by atoms with van der Waals surface area (Å²) in [6, 6.07) is 1.59. The first-order valence-corrected chi connectivity index (χ1v) is 9.27. The average molecular weight is 399 g/mol. The van der Waals surface area contributed by atoms with Crippen molar-refractivity contribution in [3.8, 4) is 6.07 Å². The Balaban J connectivity index is 2.47. The van der Waals surface area contributed by atoms with E-state index in [0.29, 0.717) is 0 Å². The van der Waals surface area contributed by atoms with Crippen LogP contribution in [0.1, 0.15) is 37.2 Å². The molecule has 2 heterocycles. The molecule has 1 aliphatic heterocycles. The summed E-state index contributed by atoms with van der Waals surface area (Å²) >= 11 is 5.68. The molecule has 0 saturated carbocycles. The van der Waals surface area contributed by atoms with Gasteiger partial charge in [-0.3, -0.25) is 4.68 Å². The standard InChI is InChI=1S/C13H14ClF3N4O3S/c1-3-21-9(5-18)8(11(19-21)13(15,16)17)6-25(22,23)10-4-12(2,7-14)24-20-10/h3-4,6-7H2,1-2H3. The minimum atomic E-state index is -4.89. The molecule has 1 aromatic heterocycles. The van der Waals surface area contributed by atoms with Crippen LogP contribution in [0.2, 0.25) is 0 Å². The topological polar surface area (TPSA) is 97.3 Å². The summed E-state index contributed by atoms with van der Waals surface area (Å²) in [4.78, 5) is 4.98. The van der Waals surface area contributed by atoms with Crippen molar-refractivity contribution in [1.82, 2.24) is 9.78 Å². The van der Waals surface area contributed by atoms with Crippen molar-refractivity contribution in [2.24, 2.45) is 5.16 Å². The second-order valence-electron chi connectivity index (χ2n) is 5.70. The second-order valence-corrected chi connectivity index (χ2v) is 7.95. The van der Waals surface area contributed by atoms with Crippen LogP contribution < -0.4 is 0 Å². The van der Waals surface area contributed by atoms with Gasteiger partial charge in [-0.25, -0.2) is 8.42 Å². The highest BCUT2D eigenvalue weighted by molar-refractivity contribution is 8.05. The molecule has 1 atom stereocenters. The van der Waals surface area contributed by atoms with Gasteiger partial charge >= 0.3 is 6.18 Å². The second kappa shape index (κ2) is 6.49. The van der Waals surface area contributed by atoms with Gasteiger partial charge in [0.1, 0.15) is 11.8 Å². The molecule has 2 rings (SSSR count). The zero-order valence-electron chi connectivity index (χ0n) is 13.3. The van der Waals surface area contributed by atoms with Gasteiger partial charge in [-0.05, 0) is 13.8 Å². The van der Waals surface area contributed by atoms with Gasteiger partial charge in [-0.15, -0.1) is 11.6 Å². The molecule has 0 spiro atoms. The third kappa shape index (κ3) is 3.74. The number of hydrogen-bond donors (Lipinski definition) is 0. The van der Waals surface area contributed by atoms with Crippen molar-refractivity contribution < 1.29 is 26.4 Å². The number of sulfone groups is 1. The fourth-order valence-corrected chi connectivity index (χ4v) is 3.91. The largest absolute Gasteiger partial charge is 0.435 e. The third-order valence-electron chi connectivity index (χ3n) is 3.59. The van der Waals surface area contributed by atoms with Crippen molar-refractivity contribution in [3.05, 3.63) is 17.0 Å². The number of halogens is 4. The molecule has 25 heavy (non-hydrogen) atoms. The first kappa shape index (κ1) is 19.5. The lowest BCUT2D eigenvalue weighted by Gasteiger charge is -2.16. The molecule has 7 nitrogen and oxygen atoms in total. The average Bonchev–Trinajstić information content (AvgIpc) is 3.08. The number of oxime groups is 1. The summed E-state index contributed by atoms with van der Waals surface area (Å²) in [5.41, 5.74) is -3.58. The monoisotopic (exact) mass is 398 g/mol. The highest BCUT2D eigenvalue weighted by Crippen LogP contribution is 2.35. The molecule has 0 aliphatic carbocycles. The number of rotatable bonds is 4. The van der Waals surface area contributed by atoms with Crippen LogP contribution in [0.4, 0.5) is 13.2 Å². The molecule has 1 unspecified atom stereocenters. The highest BCUT2D eigenvalue weighted by atomic mass is 35.5. The first-order valence-electron chi connectivity index (χ1n) is 7.08. The minimum Gasteiger partial charge on any atom is -0.387 e. The van der Waals surface area contributed by atoms with Gasteiger partial charge in [0.2, 0.25) is 0 Å². The zero-order valence-corrected chi connectivity index (χ0v) is 14.8. The first-order chi connectivity index (χ1) is 11.5. The van der Waals surface area contributed by atoms with Crippen molar-refractivity contribution in [2.45, 2.75) is 44.3 Å². The molecule has 0 fully saturated rings. The smallest absolute Gasteiger partial charge is 0.387 e. The quantitative estimate of drug-likeness (QED) is 0.725. The third-order valence-corrected chi connectivity index (χ3v) is 5.76. The van der Waals surface area contributed by atoms with Gasteiger partial charge in [0.25, 0.3) is 0 Å². The summed E-state index contributed by atoms with van der Waals surface area (Å²) < 4.78 is 65.4. The van der Waals surface area contributed by atoms with Crippen LogP contribution in [0.3, 0.4) is 0 Å². The van der Waals surface area contributed by atoms with Gasteiger partial charge < -0.3 is 4.84 Å². The lowest BCUT2D eigenvalue weighted by Crippen LogP contribution is -2.29. The van der Waals surface area contributed by atoms with E-state index in [-0.39, 0.29) is 18.8 Å². The molecule has 1 aliphatic rings. The minimum absolute atomic E-state index is 0.0135. The van der Waals surface area contributed by atoms with Gasteiger partial charge in [0.05, 0.1) is 11.6 Å². The van der Waals surface area contributed by atoms with E-state index in [0.717, 1.165) is 4.68 Å². The Hall–Kier alpha value is -1.80. The number of aryl methyl sites for hydroxylation is 1. The SMILES string of the molecule is CCn1nc(C(F)(F)F)c(CS(=O)(=O)C2=NOC(C)(CCl)C2)c1C#N. The summed E-state index contributed by atoms with van der Waals surface area (Å²) in [7, 11) is -4.24. The van der Waals surface area contributed by atoms with Crippen LogP contribution in [0.5, 0.6) is 0 Å². The molecular formula is C13H14ClF3N4O3S. The molecule has 0 aromatic carbocycles. The Morgan fingerprint density at radius 3 is 2.56 bits per heavy atom. The van der Waals surface area contributed by atoms with E-state index in [1.165, 1.54) is 13.8 Å². The maximum absolute atomic E-state index is 13.2. The van der Waals surface area contributed by atoms with Gasteiger partial charge in [-0.2, -0.15) is 23.5 Å². The summed E-state index contributed by atoms with van der Waals surface area (Å²) in [5, 5.41) is 15.5. The fraction of sp³-hybridized carbons (Fsp3) is 0.615.